The van der Waals surface area contributed by atoms with Crippen LogP contribution in [0.2, 0.25) is 0 Å². The Morgan fingerprint density at radius 1 is 1.64 bits per heavy atom. The first-order valence-electron chi connectivity index (χ1n) is 4.14. The van der Waals surface area contributed by atoms with Crippen LogP contribution in [0, 0.1) is 5.41 Å². The van der Waals surface area contributed by atoms with Crippen molar-refractivity contribution in [2.45, 2.75) is 39.3 Å². The molecule has 2 atom stereocenters. The van der Waals surface area contributed by atoms with E-state index in [0.29, 0.717) is 6.10 Å². The molecule has 0 saturated heterocycles. The van der Waals surface area contributed by atoms with Gasteiger partial charge < -0.3 is 9.94 Å². The highest BCUT2D eigenvalue weighted by Gasteiger charge is 2.48. The lowest BCUT2D eigenvalue weighted by atomic mass is 9.65. The molecule has 0 aromatic rings. The molecule has 1 saturated carbocycles. The highest BCUT2D eigenvalue weighted by atomic mass is 16.5. The molecule has 1 fully saturated rings. The van der Waals surface area contributed by atoms with Crippen LogP contribution in [-0.2, 0) is 4.74 Å². The van der Waals surface area contributed by atoms with E-state index < -0.39 is 0 Å². The number of hydrogen-bond acceptors (Lipinski definition) is 3. The van der Waals surface area contributed by atoms with Crippen molar-refractivity contribution < 1.29 is 9.94 Å². The third-order valence-corrected chi connectivity index (χ3v) is 2.70. The van der Waals surface area contributed by atoms with Gasteiger partial charge in [0.15, 0.2) is 0 Å². The van der Waals surface area contributed by atoms with Gasteiger partial charge in [0.1, 0.15) is 0 Å². The highest BCUT2D eigenvalue weighted by Crippen LogP contribution is 2.42. The van der Waals surface area contributed by atoms with Gasteiger partial charge in [-0.05, 0) is 13.3 Å². The standard InChI is InChI=1S/C8H17NO2/c1-4-11-7-5-6(9-10)8(7,2)3/h6-7,9-10H,4-5H2,1-3H3. The van der Waals surface area contributed by atoms with E-state index in [2.05, 4.69) is 19.3 Å². The van der Waals surface area contributed by atoms with Crippen LogP contribution in [0.15, 0.2) is 0 Å². The Morgan fingerprint density at radius 2 is 2.27 bits per heavy atom. The topological polar surface area (TPSA) is 41.5 Å². The molecule has 11 heavy (non-hydrogen) atoms. The van der Waals surface area contributed by atoms with Gasteiger partial charge in [-0.15, -0.1) is 0 Å². The fraction of sp³-hybridized carbons (Fsp3) is 1.00. The molecule has 0 bridgehead atoms. The molecule has 1 rings (SSSR count). The van der Waals surface area contributed by atoms with E-state index in [-0.39, 0.29) is 11.5 Å². The van der Waals surface area contributed by atoms with Crippen LogP contribution < -0.4 is 5.48 Å². The normalized spacial score (nSPS) is 34.9. The summed E-state index contributed by atoms with van der Waals surface area (Å²) < 4.78 is 5.47. The summed E-state index contributed by atoms with van der Waals surface area (Å²) in [6, 6.07) is 0.194. The Bertz CT molecular complexity index is 136. The SMILES string of the molecule is CCOC1CC(NO)C1(C)C. The lowest BCUT2D eigenvalue weighted by Gasteiger charge is -2.50. The molecular formula is C8H17NO2. The second-order valence-corrected chi connectivity index (χ2v) is 3.68. The van der Waals surface area contributed by atoms with Crippen molar-refractivity contribution in [2.24, 2.45) is 5.41 Å². The van der Waals surface area contributed by atoms with Gasteiger partial charge in [0, 0.05) is 18.1 Å². The third kappa shape index (κ3) is 1.41. The fourth-order valence-corrected chi connectivity index (χ4v) is 1.59. The smallest absolute Gasteiger partial charge is 0.0657 e. The lowest BCUT2D eigenvalue weighted by Crippen LogP contribution is -2.60. The van der Waals surface area contributed by atoms with Gasteiger partial charge in [0.25, 0.3) is 0 Å². The molecule has 0 radical (unpaired) electrons. The predicted molar refractivity (Wildman–Crippen MR) is 42.5 cm³/mol. The molecule has 66 valence electrons. The van der Waals surface area contributed by atoms with Crippen molar-refractivity contribution >= 4 is 0 Å². The summed E-state index contributed by atoms with van der Waals surface area (Å²) in [4.78, 5) is 0. The van der Waals surface area contributed by atoms with Crippen LogP contribution in [0.1, 0.15) is 27.2 Å². The maximum atomic E-state index is 8.70. The van der Waals surface area contributed by atoms with Crippen LogP contribution in [-0.4, -0.2) is 24.0 Å². The third-order valence-electron chi connectivity index (χ3n) is 2.70. The second-order valence-electron chi connectivity index (χ2n) is 3.68. The van der Waals surface area contributed by atoms with E-state index in [1.54, 1.807) is 0 Å². The highest BCUT2D eigenvalue weighted by molar-refractivity contribution is 5.01. The van der Waals surface area contributed by atoms with Crippen LogP contribution in [0.5, 0.6) is 0 Å². The van der Waals surface area contributed by atoms with E-state index in [1.807, 2.05) is 6.92 Å². The largest absolute Gasteiger partial charge is 0.378 e. The number of rotatable bonds is 3. The molecule has 3 nitrogen and oxygen atoms in total. The summed E-state index contributed by atoms with van der Waals surface area (Å²) in [5.41, 5.74) is 2.37. The Balaban J connectivity index is 2.40. The molecule has 0 amide bonds. The van der Waals surface area contributed by atoms with Crippen LogP contribution in [0.3, 0.4) is 0 Å². The van der Waals surface area contributed by atoms with Crippen molar-refractivity contribution in [3.8, 4) is 0 Å². The first kappa shape index (κ1) is 8.97. The zero-order valence-electron chi connectivity index (χ0n) is 7.42. The summed E-state index contributed by atoms with van der Waals surface area (Å²) in [5.74, 6) is 0. The predicted octanol–water partition coefficient (Wildman–Crippen LogP) is 1.17. The molecule has 1 aliphatic carbocycles. The Kier molecular flexibility index (Phi) is 2.52. The summed E-state index contributed by atoms with van der Waals surface area (Å²) in [5, 5.41) is 8.70. The van der Waals surface area contributed by atoms with E-state index in [9.17, 15) is 0 Å². The minimum Gasteiger partial charge on any atom is -0.378 e. The monoisotopic (exact) mass is 159 g/mol. The quantitative estimate of drug-likeness (QED) is 0.607. The van der Waals surface area contributed by atoms with Crippen molar-refractivity contribution in [3.63, 3.8) is 0 Å². The molecule has 0 aliphatic heterocycles. The molecule has 0 spiro atoms. The van der Waals surface area contributed by atoms with Crippen LogP contribution in [0.4, 0.5) is 0 Å². The summed E-state index contributed by atoms with van der Waals surface area (Å²) >= 11 is 0. The summed E-state index contributed by atoms with van der Waals surface area (Å²) in [7, 11) is 0. The molecule has 2 N–H and O–H groups in total. The summed E-state index contributed by atoms with van der Waals surface area (Å²) in [6.45, 7) is 6.96. The van der Waals surface area contributed by atoms with E-state index >= 15 is 0 Å². The number of hydroxylamine groups is 1. The minimum atomic E-state index is 0.0742. The maximum Gasteiger partial charge on any atom is 0.0657 e. The summed E-state index contributed by atoms with van der Waals surface area (Å²) in [6.07, 6.45) is 1.22. The van der Waals surface area contributed by atoms with Gasteiger partial charge >= 0.3 is 0 Å². The fourth-order valence-electron chi connectivity index (χ4n) is 1.59. The Morgan fingerprint density at radius 3 is 2.64 bits per heavy atom. The average molecular weight is 159 g/mol. The second kappa shape index (κ2) is 3.09. The molecule has 0 aromatic carbocycles. The van der Waals surface area contributed by atoms with Gasteiger partial charge in [0.05, 0.1) is 6.10 Å². The average Bonchev–Trinajstić information content (AvgIpc) is 1.97. The number of ether oxygens (including phenoxy) is 1. The number of nitrogens with one attached hydrogen (secondary N) is 1. The van der Waals surface area contributed by atoms with Crippen LogP contribution >= 0.6 is 0 Å². The molecule has 2 unspecified atom stereocenters. The van der Waals surface area contributed by atoms with Crippen LogP contribution in [0.25, 0.3) is 0 Å². The first-order valence-corrected chi connectivity index (χ1v) is 4.14. The van der Waals surface area contributed by atoms with Gasteiger partial charge in [0.2, 0.25) is 0 Å². The van der Waals surface area contributed by atoms with Gasteiger partial charge in [-0.3, -0.25) is 0 Å². The Hall–Kier alpha value is -0.120. The first-order chi connectivity index (χ1) is 5.12. The number of hydrogen-bond donors (Lipinski definition) is 2. The van der Waals surface area contributed by atoms with Crippen molar-refractivity contribution in [3.05, 3.63) is 0 Å². The van der Waals surface area contributed by atoms with Gasteiger partial charge in [-0.25, -0.2) is 5.48 Å². The Labute approximate surface area is 67.7 Å². The molecule has 0 heterocycles. The van der Waals surface area contributed by atoms with Gasteiger partial charge in [-0.1, -0.05) is 13.8 Å². The minimum absolute atomic E-state index is 0.0742. The zero-order chi connectivity index (χ0) is 8.48. The van der Waals surface area contributed by atoms with Crippen molar-refractivity contribution in [1.82, 2.24) is 5.48 Å². The van der Waals surface area contributed by atoms with E-state index in [0.717, 1.165) is 13.0 Å². The maximum absolute atomic E-state index is 8.70. The van der Waals surface area contributed by atoms with E-state index in [1.165, 1.54) is 0 Å². The van der Waals surface area contributed by atoms with Crippen molar-refractivity contribution in [1.29, 1.82) is 0 Å². The van der Waals surface area contributed by atoms with E-state index in [4.69, 9.17) is 9.94 Å². The van der Waals surface area contributed by atoms with Gasteiger partial charge in [-0.2, -0.15) is 0 Å². The lowest BCUT2D eigenvalue weighted by molar-refractivity contribution is -0.141. The molecule has 3 heteroatoms. The molecule has 1 aliphatic rings. The van der Waals surface area contributed by atoms with Crippen molar-refractivity contribution in [2.75, 3.05) is 6.61 Å². The molecular weight excluding hydrogens is 142 g/mol. The zero-order valence-corrected chi connectivity index (χ0v) is 7.42. The molecule has 0 aromatic heterocycles.